The average molecular weight is 661 g/mol. The van der Waals surface area contributed by atoms with Crippen molar-refractivity contribution in [1.82, 2.24) is 9.72 Å². The van der Waals surface area contributed by atoms with Gasteiger partial charge in [-0.1, -0.05) is 97.1 Å². The molecule has 4 rings (SSSR count). The standard InChI is InChI=1S/C30H29N4O.2ClHO4/c1-31-29(35)28-30-33(3)26(20-12-10-18-24-14-6-4-7-15-24)22-27(34(30)23-32(28)2)21-13-11-19-25-16-8-5-9-17-25;2*2-1(3,4)5/h4-23H,1-3H3;2*(H,2,3,4,5)/q+1;;/p-1/b18-10+,19-11+,20-12+,21-13+;;. The van der Waals surface area contributed by atoms with Crippen molar-refractivity contribution in [2.45, 2.75) is 0 Å². The molecule has 2 aromatic carbocycles. The lowest BCUT2D eigenvalue weighted by molar-refractivity contribution is -2.00. The van der Waals surface area contributed by atoms with E-state index in [0.29, 0.717) is 5.69 Å². The van der Waals surface area contributed by atoms with Crippen LogP contribution in [0.25, 0.3) is 30.0 Å². The highest BCUT2D eigenvalue weighted by Gasteiger charge is 2.29. The third kappa shape index (κ3) is 13.9. The number of hydrogen-bond donors (Lipinski definition) is 1. The number of allylic oxidation sites excluding steroid dienone is 4. The fraction of sp³-hybridized carbons (Fsp3) is 0.100. The first-order valence-electron chi connectivity index (χ1n) is 12.8. The van der Waals surface area contributed by atoms with Gasteiger partial charge in [0, 0.05) is 13.1 Å². The summed E-state index contributed by atoms with van der Waals surface area (Å²) >= 11 is 0. The minimum atomic E-state index is -4.94. The number of benzene rings is 2. The summed E-state index contributed by atoms with van der Waals surface area (Å²) in [6.07, 6.45) is 18.3. The molecule has 0 saturated carbocycles. The number of rotatable bonds is 7. The quantitative estimate of drug-likeness (QED) is 0.147. The number of nitrogens with zero attached hydrogens (tertiary/aromatic N) is 3. The zero-order valence-electron chi connectivity index (χ0n) is 24.3. The highest BCUT2D eigenvalue weighted by Crippen LogP contribution is 2.13. The molecule has 0 fully saturated rings. The minimum absolute atomic E-state index is 0.130. The van der Waals surface area contributed by atoms with Gasteiger partial charge in [-0.25, -0.2) is 46.4 Å². The zero-order chi connectivity index (χ0) is 33.6. The van der Waals surface area contributed by atoms with Gasteiger partial charge in [-0.15, -0.1) is 20.5 Å². The average Bonchev–Trinajstić information content (AvgIpc) is 3.31. The fourth-order valence-electron chi connectivity index (χ4n) is 3.95. The first-order chi connectivity index (χ1) is 21.1. The highest BCUT2D eigenvalue weighted by molar-refractivity contribution is 5.95. The summed E-state index contributed by atoms with van der Waals surface area (Å²) in [5, 5.41) is 2.76. The zero-order valence-corrected chi connectivity index (χ0v) is 25.8. The molecule has 2 heterocycles. The normalized spacial score (nSPS) is 12.1. The molecule has 1 N–H and O–H groups in total. The van der Waals surface area contributed by atoms with Gasteiger partial charge in [0.25, 0.3) is 17.9 Å². The molecule has 0 spiro atoms. The number of imidazole rings is 1. The first kappa shape index (κ1) is 36.9. The second kappa shape index (κ2) is 17.3. The third-order valence-corrected chi connectivity index (χ3v) is 5.74. The van der Waals surface area contributed by atoms with Crippen LogP contribution in [0.3, 0.4) is 0 Å². The lowest BCUT2D eigenvalue weighted by Gasteiger charge is -2.17. The van der Waals surface area contributed by atoms with Gasteiger partial charge in [-0.3, -0.25) is 4.79 Å². The van der Waals surface area contributed by atoms with Crippen LogP contribution in [-0.4, -0.2) is 17.4 Å². The summed E-state index contributed by atoms with van der Waals surface area (Å²) in [7, 11) is -4.37. The maximum atomic E-state index is 12.7. The Balaban J connectivity index is 0.000000613. The molecule has 0 unspecified atom stereocenters. The van der Waals surface area contributed by atoms with Crippen LogP contribution in [0.1, 0.15) is 33.0 Å². The van der Waals surface area contributed by atoms with Gasteiger partial charge in [0.2, 0.25) is 0 Å². The topological polar surface area (TPSA) is 226 Å². The van der Waals surface area contributed by atoms with Crippen LogP contribution in [0.15, 0.2) is 97.4 Å². The van der Waals surface area contributed by atoms with E-state index in [1.165, 1.54) is 0 Å². The van der Waals surface area contributed by atoms with Gasteiger partial charge in [0.15, 0.2) is 0 Å². The minimum Gasteiger partial charge on any atom is -0.352 e. The Labute approximate surface area is 263 Å². The van der Waals surface area contributed by atoms with E-state index in [-0.39, 0.29) is 5.91 Å². The van der Waals surface area contributed by atoms with Crippen LogP contribution in [0.4, 0.5) is 0 Å². The van der Waals surface area contributed by atoms with Crippen LogP contribution in [0.5, 0.6) is 0 Å². The predicted molar refractivity (Wildman–Crippen MR) is 142 cm³/mol. The summed E-state index contributed by atoms with van der Waals surface area (Å²) in [6.45, 7) is 0. The maximum Gasteiger partial charge on any atom is 0.343 e. The molecule has 13 nitrogen and oxygen atoms in total. The highest BCUT2D eigenvalue weighted by atomic mass is 35.7. The van der Waals surface area contributed by atoms with Crippen molar-refractivity contribution in [2.24, 2.45) is 14.1 Å². The molecule has 45 heavy (non-hydrogen) atoms. The Morgan fingerprint density at radius 2 is 1.13 bits per heavy atom. The van der Waals surface area contributed by atoms with Crippen LogP contribution in [-0.2, 0) is 14.1 Å². The van der Waals surface area contributed by atoms with Gasteiger partial charge >= 0.3 is 5.65 Å². The second-order valence-corrected chi connectivity index (χ2v) is 10.4. The van der Waals surface area contributed by atoms with Crippen LogP contribution < -0.4 is 51.7 Å². The third-order valence-electron chi connectivity index (χ3n) is 5.74. The van der Waals surface area contributed by atoms with Crippen molar-refractivity contribution in [3.63, 3.8) is 0 Å². The number of carbonyl (C=O) groups is 1. The molecule has 0 atom stereocenters. The summed E-state index contributed by atoms with van der Waals surface area (Å²) in [4.78, 5) is 12.7. The van der Waals surface area contributed by atoms with E-state index in [9.17, 15) is 4.79 Å². The van der Waals surface area contributed by atoms with Crippen LogP contribution in [0.2, 0.25) is 0 Å². The number of carbonyl (C=O) groups excluding carboxylic acids is 1. The van der Waals surface area contributed by atoms with E-state index in [2.05, 4.69) is 60.0 Å². The maximum absolute atomic E-state index is 12.7. The molecular formula is C30H30Cl2N4O9. The van der Waals surface area contributed by atoms with Crippen molar-refractivity contribution in [3.05, 3.63) is 126 Å². The van der Waals surface area contributed by atoms with Gasteiger partial charge in [0.05, 0.1) is 14.1 Å². The van der Waals surface area contributed by atoms with Gasteiger partial charge in [-0.05, 0) is 23.3 Å². The van der Waals surface area contributed by atoms with Crippen molar-refractivity contribution in [2.75, 3.05) is 7.05 Å². The van der Waals surface area contributed by atoms with Crippen LogP contribution in [0, 0.1) is 20.5 Å². The molecule has 0 aliphatic carbocycles. The monoisotopic (exact) mass is 660 g/mol. The molecule has 0 radical (unpaired) electrons. The van der Waals surface area contributed by atoms with Crippen molar-refractivity contribution >= 4 is 35.9 Å². The summed E-state index contributed by atoms with van der Waals surface area (Å²) in [6, 6.07) is 22.5. The predicted octanol–water partition coefficient (Wildman–Crippen LogP) is -5.11. The lowest BCUT2D eigenvalue weighted by Crippen LogP contribution is -2.68. The first-order valence-corrected chi connectivity index (χ1v) is 15.2. The molecule has 1 amide bonds. The fourth-order valence-corrected chi connectivity index (χ4v) is 3.95. The number of amides is 1. The lowest BCUT2D eigenvalue weighted by atomic mass is 10.2. The number of aromatic nitrogens is 3. The summed E-state index contributed by atoms with van der Waals surface area (Å²) < 4.78 is 73.9. The van der Waals surface area contributed by atoms with Gasteiger partial charge in [0.1, 0.15) is 11.4 Å². The molecule has 238 valence electrons. The molecule has 2 aromatic heterocycles. The van der Waals surface area contributed by atoms with E-state index < -0.39 is 20.5 Å². The Kier molecular flexibility index (Phi) is 14.2. The Hall–Kier alpha value is -4.25. The molecule has 0 bridgehead atoms. The SMILES string of the molecule is CNC(=O)c1c2n(c[n+]1C)c(/C=C/C=C/c1ccccc1)cc(/C=C/C=C/c1ccccc1)[n+]2C.[O-][Cl+3]([O-])([O-])[O-].[O-][Cl+3]([O-])([O-])[O-]. The Bertz CT molecular complexity index is 1640. The largest absolute Gasteiger partial charge is 0.352 e. The van der Waals surface area contributed by atoms with Gasteiger partial charge < -0.3 is 5.32 Å². The van der Waals surface area contributed by atoms with Gasteiger partial charge in [-0.2, -0.15) is 4.40 Å². The van der Waals surface area contributed by atoms with E-state index in [4.69, 9.17) is 37.3 Å². The number of nitrogens with one attached hydrogen (secondary N) is 1. The van der Waals surface area contributed by atoms with E-state index in [1.807, 2.05) is 94.7 Å². The molecule has 0 aliphatic heterocycles. The van der Waals surface area contributed by atoms with Crippen LogP contribution >= 0.6 is 0 Å². The van der Waals surface area contributed by atoms with Crippen molar-refractivity contribution in [1.29, 1.82) is 0 Å². The molecule has 4 aromatic rings. The van der Waals surface area contributed by atoms with E-state index in [0.717, 1.165) is 28.2 Å². The Morgan fingerprint density at radius 1 is 0.711 bits per heavy atom. The summed E-state index contributed by atoms with van der Waals surface area (Å²) in [5.74, 6) is -0.130. The molecular weight excluding hydrogens is 631 g/mol. The van der Waals surface area contributed by atoms with Crippen molar-refractivity contribution in [3.8, 4) is 0 Å². The Morgan fingerprint density at radius 3 is 1.58 bits per heavy atom. The molecule has 0 saturated heterocycles. The number of halogens is 2. The van der Waals surface area contributed by atoms with E-state index >= 15 is 0 Å². The number of fused-ring (bicyclic) bond motifs is 1. The van der Waals surface area contributed by atoms with E-state index in [1.54, 1.807) is 7.05 Å². The number of aryl methyl sites for hydroxylation is 2. The molecule has 0 aliphatic rings. The molecule has 15 heteroatoms. The second-order valence-electron chi connectivity index (χ2n) is 8.91. The van der Waals surface area contributed by atoms with Crippen molar-refractivity contribution < 1.29 is 71.7 Å². The smallest absolute Gasteiger partial charge is 0.343 e. The number of hydrogen-bond acceptors (Lipinski definition) is 9. The summed E-state index contributed by atoms with van der Waals surface area (Å²) in [5.41, 5.74) is 5.64.